The summed E-state index contributed by atoms with van der Waals surface area (Å²) in [6, 6.07) is 16.1. The van der Waals surface area contributed by atoms with Crippen LogP contribution >= 0.6 is 0 Å². The minimum absolute atomic E-state index is 0.133. The molecule has 0 saturated carbocycles. The van der Waals surface area contributed by atoms with E-state index >= 15 is 0 Å². The van der Waals surface area contributed by atoms with Gasteiger partial charge in [-0.2, -0.15) is 0 Å². The van der Waals surface area contributed by atoms with Crippen LogP contribution in [0.2, 0.25) is 0 Å². The summed E-state index contributed by atoms with van der Waals surface area (Å²) in [6.45, 7) is 7.00. The summed E-state index contributed by atoms with van der Waals surface area (Å²) >= 11 is 0. The number of phenolic OH excluding ortho intramolecular Hbond substituents is 3. The van der Waals surface area contributed by atoms with Crippen LogP contribution in [0.1, 0.15) is 16.7 Å². The molecule has 3 rings (SSSR count). The molecule has 0 saturated heterocycles. The molecule has 218 valence electrons. The molecule has 0 aliphatic carbocycles. The maximum absolute atomic E-state index is 9.81. The highest BCUT2D eigenvalue weighted by atomic mass is 16.5. The summed E-state index contributed by atoms with van der Waals surface area (Å²) < 4.78 is 15.6. The minimum atomic E-state index is 0.133. The summed E-state index contributed by atoms with van der Waals surface area (Å²) in [6.07, 6.45) is 0. The van der Waals surface area contributed by atoms with Gasteiger partial charge in [0.05, 0.1) is 21.3 Å². The number of phenols is 3. The molecule has 0 heterocycles. The van der Waals surface area contributed by atoms with Crippen LogP contribution < -0.4 is 30.2 Å². The van der Waals surface area contributed by atoms with E-state index in [1.54, 1.807) is 39.5 Å². The summed E-state index contributed by atoms with van der Waals surface area (Å²) in [7, 11) is 4.63. The van der Waals surface area contributed by atoms with Gasteiger partial charge in [0.1, 0.15) is 0 Å². The molecule has 0 radical (unpaired) electrons. The van der Waals surface area contributed by atoms with Gasteiger partial charge >= 0.3 is 0 Å². The quantitative estimate of drug-likeness (QED) is 0.131. The van der Waals surface area contributed by atoms with E-state index in [0.29, 0.717) is 36.9 Å². The van der Waals surface area contributed by atoms with E-state index in [1.165, 1.54) is 0 Å². The Morgan fingerprint density at radius 3 is 1.10 bits per heavy atom. The summed E-state index contributed by atoms with van der Waals surface area (Å²) in [5.74, 6) is 1.80. The third kappa shape index (κ3) is 9.80. The van der Waals surface area contributed by atoms with Crippen LogP contribution in [0, 0.1) is 0 Å². The standard InChI is InChI=1S/C30H42N4O6/c1-38-28-16-22(4-7-25(28)35)19-31-10-13-34(14-11-32-20-23-5-8-26(36)29(17-23)39-2)15-12-33-21-24-6-9-27(37)30(18-24)40-3/h4-9,16-18,31-33,35-37H,10-15,19-21H2,1-3H3. The number of hydrogen-bond donors (Lipinski definition) is 6. The number of ether oxygens (including phenoxy) is 3. The first kappa shape index (κ1) is 30.8. The second-order valence-electron chi connectivity index (χ2n) is 9.39. The zero-order valence-electron chi connectivity index (χ0n) is 23.6. The van der Waals surface area contributed by atoms with Crippen molar-refractivity contribution in [2.75, 3.05) is 60.6 Å². The Morgan fingerprint density at radius 1 is 0.525 bits per heavy atom. The maximum atomic E-state index is 9.81. The Morgan fingerprint density at radius 2 is 0.825 bits per heavy atom. The molecule has 3 aromatic carbocycles. The second kappa shape index (κ2) is 16.4. The highest BCUT2D eigenvalue weighted by Crippen LogP contribution is 2.27. The molecule has 40 heavy (non-hydrogen) atoms. The smallest absolute Gasteiger partial charge is 0.160 e. The molecular weight excluding hydrogens is 512 g/mol. The fourth-order valence-corrected chi connectivity index (χ4v) is 4.24. The molecule has 0 aliphatic rings. The third-order valence-electron chi connectivity index (χ3n) is 6.53. The number of nitrogens with one attached hydrogen (secondary N) is 3. The highest BCUT2D eigenvalue weighted by molar-refractivity contribution is 5.43. The number of methoxy groups -OCH3 is 3. The molecule has 0 atom stereocenters. The Labute approximate surface area is 236 Å². The van der Waals surface area contributed by atoms with E-state index < -0.39 is 0 Å². The van der Waals surface area contributed by atoms with Crippen molar-refractivity contribution in [3.8, 4) is 34.5 Å². The first-order valence-electron chi connectivity index (χ1n) is 13.4. The number of benzene rings is 3. The molecule has 0 fully saturated rings. The van der Waals surface area contributed by atoms with E-state index in [0.717, 1.165) is 56.0 Å². The molecule has 0 spiro atoms. The van der Waals surface area contributed by atoms with Crippen LogP contribution in [-0.4, -0.2) is 80.8 Å². The lowest BCUT2D eigenvalue weighted by Crippen LogP contribution is -2.40. The van der Waals surface area contributed by atoms with Crippen LogP contribution in [0.5, 0.6) is 34.5 Å². The van der Waals surface area contributed by atoms with Gasteiger partial charge in [-0.15, -0.1) is 0 Å². The number of hydrogen-bond acceptors (Lipinski definition) is 10. The van der Waals surface area contributed by atoms with Gasteiger partial charge < -0.3 is 45.5 Å². The van der Waals surface area contributed by atoms with Gasteiger partial charge in [-0.25, -0.2) is 0 Å². The second-order valence-corrected chi connectivity index (χ2v) is 9.39. The van der Waals surface area contributed by atoms with Gasteiger partial charge in [0.15, 0.2) is 34.5 Å². The van der Waals surface area contributed by atoms with Crippen LogP contribution in [0.25, 0.3) is 0 Å². The van der Waals surface area contributed by atoms with Gasteiger partial charge in [-0.3, -0.25) is 4.90 Å². The molecule has 6 N–H and O–H groups in total. The first-order chi connectivity index (χ1) is 19.4. The minimum Gasteiger partial charge on any atom is -0.504 e. The van der Waals surface area contributed by atoms with E-state index in [-0.39, 0.29) is 17.2 Å². The monoisotopic (exact) mass is 554 g/mol. The molecule has 0 bridgehead atoms. The summed E-state index contributed by atoms with van der Waals surface area (Å²) in [4.78, 5) is 2.39. The zero-order chi connectivity index (χ0) is 28.7. The predicted molar refractivity (Wildman–Crippen MR) is 156 cm³/mol. The highest BCUT2D eigenvalue weighted by Gasteiger charge is 2.08. The molecular formula is C30H42N4O6. The lowest BCUT2D eigenvalue weighted by Gasteiger charge is -2.23. The molecule has 0 amide bonds. The van der Waals surface area contributed by atoms with Crippen LogP contribution in [0.4, 0.5) is 0 Å². The number of rotatable bonds is 18. The van der Waals surface area contributed by atoms with Crippen molar-refractivity contribution in [2.45, 2.75) is 19.6 Å². The van der Waals surface area contributed by atoms with Gasteiger partial charge in [-0.05, 0) is 53.1 Å². The molecule has 10 nitrogen and oxygen atoms in total. The largest absolute Gasteiger partial charge is 0.504 e. The zero-order valence-corrected chi connectivity index (χ0v) is 23.6. The fraction of sp³-hybridized carbons (Fsp3) is 0.400. The van der Waals surface area contributed by atoms with E-state index in [2.05, 4.69) is 20.9 Å². The first-order valence-corrected chi connectivity index (χ1v) is 13.4. The Kier molecular flexibility index (Phi) is 12.7. The maximum Gasteiger partial charge on any atom is 0.160 e. The Hall–Kier alpha value is -3.70. The summed E-state index contributed by atoms with van der Waals surface area (Å²) in [5, 5.41) is 39.9. The average molecular weight is 555 g/mol. The van der Waals surface area contributed by atoms with Gasteiger partial charge in [-0.1, -0.05) is 18.2 Å². The van der Waals surface area contributed by atoms with Crippen molar-refractivity contribution in [1.82, 2.24) is 20.9 Å². The number of nitrogens with zero attached hydrogens (tertiary/aromatic N) is 1. The average Bonchev–Trinajstić information content (AvgIpc) is 2.97. The molecule has 10 heteroatoms. The van der Waals surface area contributed by atoms with E-state index in [1.807, 2.05) is 36.4 Å². The summed E-state index contributed by atoms with van der Waals surface area (Å²) in [5.41, 5.74) is 3.12. The van der Waals surface area contributed by atoms with Crippen molar-refractivity contribution in [3.05, 3.63) is 71.3 Å². The van der Waals surface area contributed by atoms with E-state index in [4.69, 9.17) is 14.2 Å². The van der Waals surface area contributed by atoms with Crippen LogP contribution in [0.15, 0.2) is 54.6 Å². The lowest BCUT2D eigenvalue weighted by atomic mass is 10.2. The third-order valence-corrected chi connectivity index (χ3v) is 6.53. The normalized spacial score (nSPS) is 11.1. The van der Waals surface area contributed by atoms with Crippen molar-refractivity contribution in [1.29, 1.82) is 0 Å². The number of aromatic hydroxyl groups is 3. The van der Waals surface area contributed by atoms with Crippen LogP contribution in [-0.2, 0) is 19.6 Å². The van der Waals surface area contributed by atoms with Crippen molar-refractivity contribution in [3.63, 3.8) is 0 Å². The van der Waals surface area contributed by atoms with Gasteiger partial charge in [0.2, 0.25) is 0 Å². The van der Waals surface area contributed by atoms with Crippen LogP contribution in [0.3, 0.4) is 0 Å². The predicted octanol–water partition coefficient (Wildman–Crippen LogP) is 2.80. The SMILES string of the molecule is COc1cc(CNCCN(CCNCc2ccc(O)c(OC)c2)CCNCc2ccc(O)c(OC)c2)ccc1O. The van der Waals surface area contributed by atoms with Crippen molar-refractivity contribution >= 4 is 0 Å². The lowest BCUT2D eigenvalue weighted by molar-refractivity contribution is 0.271. The molecule has 0 aliphatic heterocycles. The fourth-order valence-electron chi connectivity index (χ4n) is 4.24. The Bertz CT molecular complexity index is 1050. The topological polar surface area (TPSA) is 128 Å². The van der Waals surface area contributed by atoms with E-state index in [9.17, 15) is 15.3 Å². The Balaban J connectivity index is 1.47. The van der Waals surface area contributed by atoms with Gasteiger partial charge in [0, 0.05) is 58.9 Å². The molecule has 0 aromatic heterocycles. The van der Waals surface area contributed by atoms with Crippen molar-refractivity contribution in [2.24, 2.45) is 0 Å². The van der Waals surface area contributed by atoms with Gasteiger partial charge in [0.25, 0.3) is 0 Å². The van der Waals surface area contributed by atoms with Crippen molar-refractivity contribution < 1.29 is 29.5 Å². The molecule has 3 aromatic rings. The molecule has 0 unspecified atom stereocenters.